The van der Waals surface area contributed by atoms with E-state index in [4.69, 9.17) is 16.1 Å². The first kappa shape index (κ1) is 22.1. The lowest BCUT2D eigenvalue weighted by atomic mass is 9.99. The molecule has 9 heteroatoms. The minimum absolute atomic E-state index is 0.0866. The van der Waals surface area contributed by atoms with Gasteiger partial charge in [0.25, 0.3) is 5.91 Å². The molecule has 0 radical (unpaired) electrons. The number of hydrogen-bond donors (Lipinski definition) is 1. The zero-order valence-electron chi connectivity index (χ0n) is 17.7. The molecule has 0 saturated heterocycles. The number of fused-ring (bicyclic) bond motifs is 1. The highest BCUT2D eigenvalue weighted by Crippen LogP contribution is 2.46. The first-order valence-corrected chi connectivity index (χ1v) is 10.7. The summed E-state index contributed by atoms with van der Waals surface area (Å²) < 4.78 is 41.0. The van der Waals surface area contributed by atoms with E-state index in [9.17, 15) is 13.6 Å². The van der Waals surface area contributed by atoms with Crippen LogP contribution < -0.4 is 14.8 Å². The molecular formula is C23H21ClF2N2O4. The van der Waals surface area contributed by atoms with Gasteiger partial charge in [0.05, 0.1) is 10.7 Å². The number of alkyl halides is 2. The molecule has 1 aliphatic heterocycles. The number of amides is 1. The molecule has 6 nitrogen and oxygen atoms in total. The normalized spacial score (nSPS) is 13.9. The third kappa shape index (κ3) is 4.02. The summed E-state index contributed by atoms with van der Waals surface area (Å²) in [7, 11) is 0. The van der Waals surface area contributed by atoms with Crippen LogP contribution in [-0.4, -0.2) is 17.4 Å². The molecule has 168 valence electrons. The number of aromatic nitrogens is 1. The summed E-state index contributed by atoms with van der Waals surface area (Å²) in [4.78, 5) is 13.0. The quantitative estimate of drug-likeness (QED) is 0.468. The second kappa shape index (κ2) is 8.43. The molecule has 1 aliphatic rings. The van der Waals surface area contributed by atoms with Gasteiger partial charge in [-0.3, -0.25) is 4.79 Å². The second-order valence-electron chi connectivity index (χ2n) is 7.26. The summed E-state index contributed by atoms with van der Waals surface area (Å²) in [5.41, 5.74) is 3.76. The lowest BCUT2D eigenvalue weighted by Crippen LogP contribution is -2.25. The highest BCUT2D eigenvalue weighted by molar-refractivity contribution is 6.33. The highest BCUT2D eigenvalue weighted by atomic mass is 35.5. The molecule has 0 spiro atoms. The zero-order valence-corrected chi connectivity index (χ0v) is 18.5. The Morgan fingerprint density at radius 3 is 2.44 bits per heavy atom. The molecule has 3 aromatic rings. The van der Waals surface area contributed by atoms with E-state index in [0.29, 0.717) is 53.1 Å². The Balaban J connectivity index is 1.65. The number of anilines is 1. The Morgan fingerprint density at radius 2 is 1.78 bits per heavy atom. The van der Waals surface area contributed by atoms with E-state index in [1.165, 1.54) is 12.1 Å². The molecule has 1 amide bonds. The highest BCUT2D eigenvalue weighted by Gasteiger charge is 2.43. The molecule has 4 rings (SSSR count). The first-order chi connectivity index (χ1) is 15.3. The summed E-state index contributed by atoms with van der Waals surface area (Å²) in [6, 6.07) is 8.09. The molecule has 0 atom stereocenters. The second-order valence-corrected chi connectivity index (χ2v) is 7.67. The van der Waals surface area contributed by atoms with Crippen molar-refractivity contribution in [2.45, 2.75) is 46.3 Å². The summed E-state index contributed by atoms with van der Waals surface area (Å²) in [5.74, 6) is 0.0516. The van der Waals surface area contributed by atoms with E-state index < -0.39 is 6.29 Å². The molecule has 2 aromatic carbocycles. The Labute approximate surface area is 188 Å². The van der Waals surface area contributed by atoms with Gasteiger partial charge < -0.3 is 19.3 Å². The minimum atomic E-state index is -3.72. The number of carbonyl (C=O) groups is 1. The van der Waals surface area contributed by atoms with Crippen molar-refractivity contribution in [2.24, 2.45) is 0 Å². The maximum Gasteiger partial charge on any atom is 0.586 e. The van der Waals surface area contributed by atoms with E-state index in [1.54, 1.807) is 12.1 Å². The molecular weight excluding hydrogens is 442 g/mol. The summed E-state index contributed by atoms with van der Waals surface area (Å²) >= 11 is 6.32. The SMILES string of the molecule is CCc1cc(-c2cc3c(cc2Cl)OC(F)(F)O3)ccc1NC(=O)c1c(CC)noc1CC. The fraction of sp³-hybridized carbons (Fsp3) is 0.304. The molecule has 1 aromatic heterocycles. The number of carbonyl (C=O) groups excluding carboxylic acids is 1. The average molecular weight is 463 g/mol. The van der Waals surface area contributed by atoms with Crippen LogP contribution in [0.4, 0.5) is 14.5 Å². The van der Waals surface area contributed by atoms with Crippen LogP contribution in [0, 0.1) is 0 Å². The molecule has 0 fully saturated rings. The van der Waals surface area contributed by atoms with Crippen molar-refractivity contribution in [1.82, 2.24) is 5.16 Å². The number of halogens is 3. The van der Waals surface area contributed by atoms with Gasteiger partial charge in [-0.2, -0.15) is 0 Å². The Bertz CT molecular complexity index is 1170. The molecule has 0 saturated carbocycles. The van der Waals surface area contributed by atoms with Crippen LogP contribution in [0.2, 0.25) is 5.02 Å². The van der Waals surface area contributed by atoms with Gasteiger partial charge >= 0.3 is 6.29 Å². The van der Waals surface area contributed by atoms with Crippen LogP contribution in [0.25, 0.3) is 11.1 Å². The fourth-order valence-corrected chi connectivity index (χ4v) is 3.92. The largest absolute Gasteiger partial charge is 0.586 e. The van der Waals surface area contributed by atoms with E-state index in [2.05, 4.69) is 19.9 Å². The van der Waals surface area contributed by atoms with Crippen molar-refractivity contribution in [3.8, 4) is 22.6 Å². The number of nitrogens with one attached hydrogen (secondary N) is 1. The Morgan fingerprint density at radius 1 is 1.06 bits per heavy atom. The van der Waals surface area contributed by atoms with E-state index >= 15 is 0 Å². The average Bonchev–Trinajstić information content (AvgIpc) is 3.31. The van der Waals surface area contributed by atoms with Gasteiger partial charge in [-0.05, 0) is 42.2 Å². The third-order valence-electron chi connectivity index (χ3n) is 5.25. The van der Waals surface area contributed by atoms with Gasteiger partial charge in [-0.15, -0.1) is 8.78 Å². The van der Waals surface area contributed by atoms with Crippen molar-refractivity contribution >= 4 is 23.2 Å². The van der Waals surface area contributed by atoms with Gasteiger partial charge in [0, 0.05) is 23.7 Å². The van der Waals surface area contributed by atoms with Crippen LogP contribution in [0.1, 0.15) is 48.1 Å². The van der Waals surface area contributed by atoms with Gasteiger partial charge in [0.2, 0.25) is 0 Å². The molecule has 1 N–H and O–H groups in total. The van der Waals surface area contributed by atoms with Gasteiger partial charge in [-0.25, -0.2) is 0 Å². The lowest BCUT2D eigenvalue weighted by molar-refractivity contribution is -0.286. The van der Waals surface area contributed by atoms with E-state index in [-0.39, 0.29) is 22.4 Å². The lowest BCUT2D eigenvalue weighted by Gasteiger charge is -2.13. The maximum absolute atomic E-state index is 13.4. The van der Waals surface area contributed by atoms with Crippen LogP contribution in [0.5, 0.6) is 11.5 Å². The zero-order chi connectivity index (χ0) is 23.0. The molecule has 2 heterocycles. The van der Waals surface area contributed by atoms with Crippen molar-refractivity contribution in [3.05, 3.63) is 57.9 Å². The predicted molar refractivity (Wildman–Crippen MR) is 116 cm³/mol. The Kier molecular flexibility index (Phi) is 5.81. The van der Waals surface area contributed by atoms with Crippen LogP contribution in [0.3, 0.4) is 0 Å². The number of nitrogens with zero attached hydrogens (tertiary/aromatic N) is 1. The van der Waals surface area contributed by atoms with Crippen molar-refractivity contribution in [3.63, 3.8) is 0 Å². The summed E-state index contributed by atoms with van der Waals surface area (Å²) in [6.45, 7) is 5.75. The van der Waals surface area contributed by atoms with Gasteiger partial charge in [-0.1, -0.05) is 43.6 Å². The van der Waals surface area contributed by atoms with Crippen molar-refractivity contribution in [2.75, 3.05) is 5.32 Å². The third-order valence-corrected chi connectivity index (χ3v) is 5.57. The molecule has 0 aliphatic carbocycles. The first-order valence-electron chi connectivity index (χ1n) is 10.3. The van der Waals surface area contributed by atoms with Crippen LogP contribution in [-0.2, 0) is 19.3 Å². The smallest absolute Gasteiger partial charge is 0.395 e. The van der Waals surface area contributed by atoms with Gasteiger partial charge in [0.1, 0.15) is 11.3 Å². The fourth-order valence-electron chi connectivity index (χ4n) is 3.66. The number of hydrogen-bond acceptors (Lipinski definition) is 5. The van der Waals surface area contributed by atoms with Crippen LogP contribution in [0.15, 0.2) is 34.9 Å². The van der Waals surface area contributed by atoms with Crippen molar-refractivity contribution < 1.29 is 27.6 Å². The summed E-state index contributed by atoms with van der Waals surface area (Å²) in [6.07, 6.45) is -1.97. The number of aryl methyl sites for hydroxylation is 3. The molecule has 32 heavy (non-hydrogen) atoms. The number of rotatable bonds is 6. The Hall–Kier alpha value is -3.13. The number of benzene rings is 2. The minimum Gasteiger partial charge on any atom is -0.395 e. The van der Waals surface area contributed by atoms with Crippen molar-refractivity contribution in [1.29, 1.82) is 0 Å². The van der Waals surface area contributed by atoms with Crippen LogP contribution >= 0.6 is 11.6 Å². The monoisotopic (exact) mass is 462 g/mol. The maximum atomic E-state index is 13.4. The van der Waals surface area contributed by atoms with Gasteiger partial charge in [0.15, 0.2) is 11.5 Å². The summed E-state index contributed by atoms with van der Waals surface area (Å²) in [5, 5.41) is 7.17. The molecule has 0 unspecified atom stereocenters. The van der Waals surface area contributed by atoms with E-state index in [0.717, 1.165) is 5.56 Å². The predicted octanol–water partition coefficient (Wildman–Crippen LogP) is 6.26. The van der Waals surface area contributed by atoms with E-state index in [1.807, 2.05) is 26.8 Å². The topological polar surface area (TPSA) is 73.6 Å². The standard InChI is InChI=1S/C23H21ClF2N2O4/c1-4-12-9-13(14-10-19-20(11-15(14)24)31-23(25,26)30-19)7-8-17(12)27-22(29)21-16(5-2)28-32-18(21)6-3/h7-11H,4-6H2,1-3H3,(H,27,29). The molecule has 0 bridgehead atoms. The number of ether oxygens (including phenoxy) is 2.